The summed E-state index contributed by atoms with van der Waals surface area (Å²) in [6.07, 6.45) is 0. The summed E-state index contributed by atoms with van der Waals surface area (Å²) >= 11 is 0. The first-order valence-electron chi connectivity index (χ1n) is 9.24. The van der Waals surface area contributed by atoms with E-state index in [9.17, 15) is 14.0 Å². The second-order valence-corrected chi connectivity index (χ2v) is 6.96. The summed E-state index contributed by atoms with van der Waals surface area (Å²) in [4.78, 5) is 27.5. The van der Waals surface area contributed by atoms with E-state index in [1.165, 1.54) is 18.2 Å². The summed E-state index contributed by atoms with van der Waals surface area (Å²) in [5, 5.41) is 3.08. The molecule has 1 aliphatic heterocycles. The van der Waals surface area contributed by atoms with Crippen LogP contribution in [0.4, 0.5) is 15.8 Å². The molecule has 4 nitrogen and oxygen atoms in total. The maximum atomic E-state index is 14.4. The first-order chi connectivity index (χ1) is 14.0. The van der Waals surface area contributed by atoms with E-state index in [0.29, 0.717) is 11.3 Å². The Bertz CT molecular complexity index is 1150. The van der Waals surface area contributed by atoms with Crippen LogP contribution < -0.4 is 10.2 Å². The first kappa shape index (κ1) is 18.6. The van der Waals surface area contributed by atoms with Crippen molar-refractivity contribution >= 4 is 28.8 Å². The van der Waals surface area contributed by atoms with Crippen molar-refractivity contribution < 1.29 is 14.0 Å². The molecule has 0 atom stereocenters. The highest BCUT2D eigenvalue weighted by molar-refractivity contribution is 6.46. The molecule has 3 aromatic rings. The number of carbonyl (C=O) groups is 2. The van der Waals surface area contributed by atoms with Crippen molar-refractivity contribution in [2.75, 3.05) is 10.2 Å². The van der Waals surface area contributed by atoms with E-state index in [2.05, 4.69) is 5.32 Å². The van der Waals surface area contributed by atoms with Gasteiger partial charge in [-0.3, -0.25) is 9.59 Å². The molecule has 0 radical (unpaired) electrons. The van der Waals surface area contributed by atoms with Crippen LogP contribution in [0, 0.1) is 19.7 Å². The molecule has 1 aliphatic rings. The van der Waals surface area contributed by atoms with Crippen molar-refractivity contribution in [1.82, 2.24) is 0 Å². The van der Waals surface area contributed by atoms with E-state index in [0.717, 1.165) is 16.0 Å². The molecule has 29 heavy (non-hydrogen) atoms. The molecule has 144 valence electrons. The molecule has 1 N–H and O–H groups in total. The van der Waals surface area contributed by atoms with Crippen molar-refractivity contribution in [1.29, 1.82) is 0 Å². The van der Waals surface area contributed by atoms with Crippen LogP contribution in [-0.2, 0) is 9.59 Å². The van der Waals surface area contributed by atoms with Crippen molar-refractivity contribution in [2.24, 2.45) is 0 Å². The average Bonchev–Trinajstić information content (AvgIpc) is 2.93. The van der Waals surface area contributed by atoms with Crippen LogP contribution in [0.1, 0.15) is 16.7 Å². The fourth-order valence-electron chi connectivity index (χ4n) is 3.51. The fraction of sp³-hybridized carbons (Fsp3) is 0.0833. The van der Waals surface area contributed by atoms with E-state index in [1.807, 2.05) is 50.2 Å². The monoisotopic (exact) mass is 386 g/mol. The topological polar surface area (TPSA) is 49.4 Å². The minimum Gasteiger partial charge on any atom is -0.350 e. The number of hydrogen-bond donors (Lipinski definition) is 1. The van der Waals surface area contributed by atoms with Crippen LogP contribution in [0.3, 0.4) is 0 Å². The number of benzene rings is 3. The predicted molar refractivity (Wildman–Crippen MR) is 112 cm³/mol. The molecule has 5 heteroatoms. The highest BCUT2D eigenvalue weighted by Gasteiger charge is 2.41. The van der Waals surface area contributed by atoms with Crippen molar-refractivity contribution in [2.45, 2.75) is 13.8 Å². The van der Waals surface area contributed by atoms with E-state index in [4.69, 9.17) is 0 Å². The lowest BCUT2D eigenvalue weighted by Crippen LogP contribution is -2.33. The number of halogens is 1. The lowest BCUT2D eigenvalue weighted by atomic mass is 9.97. The summed E-state index contributed by atoms with van der Waals surface area (Å²) in [5.41, 5.74) is 3.54. The molecule has 1 heterocycles. The Kier molecular flexibility index (Phi) is 4.72. The summed E-state index contributed by atoms with van der Waals surface area (Å²) < 4.78 is 14.4. The Hall–Kier alpha value is -3.73. The number of hydrogen-bond acceptors (Lipinski definition) is 3. The van der Waals surface area contributed by atoms with Gasteiger partial charge in [-0.25, -0.2) is 9.29 Å². The third-order valence-corrected chi connectivity index (χ3v) is 4.87. The number of imide groups is 1. The van der Waals surface area contributed by atoms with Crippen LogP contribution in [0.15, 0.2) is 78.5 Å². The maximum absolute atomic E-state index is 14.4. The molecule has 0 saturated heterocycles. The summed E-state index contributed by atoms with van der Waals surface area (Å²) in [5.74, 6) is -1.76. The van der Waals surface area contributed by atoms with Crippen molar-refractivity contribution in [3.63, 3.8) is 0 Å². The van der Waals surface area contributed by atoms with Crippen LogP contribution in [-0.4, -0.2) is 11.8 Å². The number of nitrogens with zero attached hydrogens (tertiary/aromatic N) is 1. The number of nitrogens with one attached hydrogen (secondary N) is 1. The Labute approximate surface area is 168 Å². The number of para-hydroxylation sites is 2. The van der Waals surface area contributed by atoms with Gasteiger partial charge in [0.2, 0.25) is 0 Å². The largest absolute Gasteiger partial charge is 0.350 e. The van der Waals surface area contributed by atoms with Crippen LogP contribution in [0.25, 0.3) is 5.57 Å². The SMILES string of the molecule is Cc1ccc(C2=C(Nc3ccccc3)C(=O)N(c3ccccc3F)C2=O)c(C)c1. The third kappa shape index (κ3) is 3.31. The summed E-state index contributed by atoms with van der Waals surface area (Å²) in [6.45, 7) is 3.85. The minimum atomic E-state index is -0.630. The zero-order chi connectivity index (χ0) is 20.5. The summed E-state index contributed by atoms with van der Waals surface area (Å²) in [6, 6.07) is 20.6. The Morgan fingerprint density at radius 1 is 0.828 bits per heavy atom. The first-order valence-corrected chi connectivity index (χ1v) is 9.24. The molecular formula is C24H19FN2O2. The van der Waals surface area contributed by atoms with Gasteiger partial charge in [-0.1, -0.05) is 54.1 Å². The number of rotatable bonds is 4. The van der Waals surface area contributed by atoms with E-state index >= 15 is 0 Å². The van der Waals surface area contributed by atoms with Gasteiger partial charge in [0.05, 0.1) is 11.3 Å². The predicted octanol–water partition coefficient (Wildman–Crippen LogP) is 4.84. The second kappa shape index (κ2) is 7.36. The van der Waals surface area contributed by atoms with Gasteiger partial charge in [0, 0.05) is 5.69 Å². The van der Waals surface area contributed by atoms with Gasteiger partial charge in [0.1, 0.15) is 11.5 Å². The van der Waals surface area contributed by atoms with Crippen LogP contribution in [0.5, 0.6) is 0 Å². The molecule has 0 fully saturated rings. The highest BCUT2D eigenvalue weighted by Crippen LogP contribution is 2.36. The minimum absolute atomic E-state index is 0.0605. The van der Waals surface area contributed by atoms with Crippen molar-refractivity contribution in [3.8, 4) is 0 Å². The van der Waals surface area contributed by atoms with Gasteiger partial charge >= 0.3 is 0 Å². The Morgan fingerprint density at radius 3 is 2.21 bits per heavy atom. The lowest BCUT2D eigenvalue weighted by Gasteiger charge is -2.16. The average molecular weight is 386 g/mol. The molecule has 0 spiro atoms. The number of aryl methyl sites for hydroxylation is 2. The van der Waals surface area contributed by atoms with E-state index < -0.39 is 17.6 Å². The molecular weight excluding hydrogens is 367 g/mol. The van der Waals surface area contributed by atoms with Crippen LogP contribution >= 0.6 is 0 Å². The normalized spacial score (nSPS) is 14.0. The zero-order valence-corrected chi connectivity index (χ0v) is 16.1. The third-order valence-electron chi connectivity index (χ3n) is 4.87. The molecule has 2 amide bonds. The molecule has 0 unspecified atom stereocenters. The smallest absolute Gasteiger partial charge is 0.282 e. The lowest BCUT2D eigenvalue weighted by molar-refractivity contribution is -0.120. The Morgan fingerprint density at radius 2 is 1.52 bits per heavy atom. The van der Waals surface area contributed by atoms with Gasteiger partial charge in [0.25, 0.3) is 11.8 Å². The Balaban J connectivity index is 1.88. The second-order valence-electron chi connectivity index (χ2n) is 6.96. The van der Waals surface area contributed by atoms with E-state index in [1.54, 1.807) is 18.2 Å². The molecule has 0 saturated carbocycles. The molecule has 3 aromatic carbocycles. The standard InChI is InChI=1S/C24H19FN2O2/c1-15-12-13-18(16(2)14-15)21-22(26-17-8-4-3-5-9-17)24(29)27(23(21)28)20-11-7-6-10-19(20)25/h3-14,26H,1-2H3. The maximum Gasteiger partial charge on any atom is 0.282 e. The van der Waals surface area contributed by atoms with Crippen molar-refractivity contribution in [3.05, 3.63) is 101 Å². The van der Waals surface area contributed by atoms with Gasteiger partial charge in [0.15, 0.2) is 0 Å². The molecule has 4 rings (SSSR count). The van der Waals surface area contributed by atoms with Gasteiger partial charge in [-0.15, -0.1) is 0 Å². The molecule has 0 aromatic heterocycles. The number of anilines is 2. The van der Waals surface area contributed by atoms with Crippen LogP contribution in [0.2, 0.25) is 0 Å². The zero-order valence-electron chi connectivity index (χ0n) is 16.1. The van der Waals surface area contributed by atoms with Gasteiger partial charge in [-0.2, -0.15) is 0 Å². The van der Waals surface area contributed by atoms with Gasteiger partial charge < -0.3 is 5.32 Å². The van der Waals surface area contributed by atoms with Gasteiger partial charge in [-0.05, 0) is 49.2 Å². The fourth-order valence-corrected chi connectivity index (χ4v) is 3.51. The quantitative estimate of drug-likeness (QED) is 0.653. The number of carbonyl (C=O) groups excluding carboxylic acids is 2. The number of amides is 2. The summed E-state index contributed by atoms with van der Waals surface area (Å²) in [7, 11) is 0. The molecule has 0 bridgehead atoms. The molecule has 0 aliphatic carbocycles. The highest BCUT2D eigenvalue weighted by atomic mass is 19.1. The van der Waals surface area contributed by atoms with E-state index in [-0.39, 0.29) is 17.0 Å².